The molecule has 0 bridgehead atoms. The van der Waals surface area contributed by atoms with E-state index in [0.717, 1.165) is 16.6 Å². The van der Waals surface area contributed by atoms with Crippen molar-refractivity contribution >= 4 is 40.1 Å². The molecular formula is C23H22Cl2N4O2. The van der Waals surface area contributed by atoms with Gasteiger partial charge in [0.2, 0.25) is 5.91 Å². The molecule has 6 nitrogen and oxygen atoms in total. The molecule has 0 aliphatic carbocycles. The summed E-state index contributed by atoms with van der Waals surface area (Å²) in [5.74, 6) is 3.04. The monoisotopic (exact) mass is 456 g/mol. The minimum absolute atomic E-state index is 0.134. The van der Waals surface area contributed by atoms with E-state index < -0.39 is 6.04 Å². The van der Waals surface area contributed by atoms with E-state index in [4.69, 9.17) is 34.4 Å². The third-order valence-corrected chi connectivity index (χ3v) is 5.94. The molecular weight excluding hydrogens is 435 g/mol. The maximum absolute atomic E-state index is 13.2. The summed E-state index contributed by atoms with van der Waals surface area (Å²) < 4.78 is 5.79. The highest BCUT2D eigenvalue weighted by atomic mass is 35.5. The molecule has 160 valence electrons. The Morgan fingerprint density at radius 1 is 1.32 bits per heavy atom. The second kappa shape index (κ2) is 9.71. The standard InChI is InChI=1S/C23H22Cl2N4O2/c1-2-11-31-20-9-10-29(14-15-7-8-16(24)12-17(15)25)22(20)23(30)26-13-21-27-18-5-3-4-6-19(18)28-21/h1,3-8,12,20,22H,9-11,13-14H2,(H,26,30)(H,27,28)/t20-,22-/m0/s1. The number of ether oxygens (including phenoxy) is 1. The molecule has 1 aromatic heterocycles. The van der Waals surface area contributed by atoms with Crippen LogP contribution in [0, 0.1) is 12.3 Å². The molecule has 0 radical (unpaired) electrons. The summed E-state index contributed by atoms with van der Waals surface area (Å²) in [5.41, 5.74) is 2.70. The van der Waals surface area contributed by atoms with Crippen molar-refractivity contribution in [2.24, 2.45) is 0 Å². The van der Waals surface area contributed by atoms with Crippen LogP contribution >= 0.6 is 23.2 Å². The average molecular weight is 457 g/mol. The molecule has 2 atom stereocenters. The first kappa shape index (κ1) is 21.7. The number of nitrogens with one attached hydrogen (secondary N) is 2. The minimum Gasteiger partial charge on any atom is -0.363 e. The van der Waals surface area contributed by atoms with Gasteiger partial charge in [0.15, 0.2) is 0 Å². The molecule has 4 rings (SSSR count). The quantitative estimate of drug-likeness (QED) is 0.530. The highest BCUT2D eigenvalue weighted by Crippen LogP contribution is 2.28. The van der Waals surface area contributed by atoms with Gasteiger partial charge in [-0.25, -0.2) is 4.98 Å². The van der Waals surface area contributed by atoms with E-state index in [1.54, 1.807) is 12.1 Å². The van der Waals surface area contributed by atoms with Crippen molar-refractivity contribution in [3.63, 3.8) is 0 Å². The van der Waals surface area contributed by atoms with Gasteiger partial charge >= 0.3 is 0 Å². The van der Waals surface area contributed by atoms with Crippen molar-refractivity contribution < 1.29 is 9.53 Å². The SMILES string of the molecule is C#CCO[C@H]1CCN(Cc2ccc(Cl)cc2Cl)[C@@H]1C(=O)NCc1nc2ccccc2[nH]1. The van der Waals surface area contributed by atoms with Gasteiger partial charge in [0, 0.05) is 23.1 Å². The lowest BCUT2D eigenvalue weighted by atomic mass is 10.1. The molecule has 1 aliphatic rings. The summed E-state index contributed by atoms with van der Waals surface area (Å²) in [6, 6.07) is 12.6. The molecule has 2 heterocycles. The molecule has 1 saturated heterocycles. The second-order valence-electron chi connectivity index (χ2n) is 7.41. The Kier molecular flexibility index (Phi) is 6.79. The number of hydrogen-bond acceptors (Lipinski definition) is 4. The van der Waals surface area contributed by atoms with Crippen LogP contribution in [-0.2, 0) is 22.6 Å². The van der Waals surface area contributed by atoms with Gasteiger partial charge in [0.25, 0.3) is 0 Å². The van der Waals surface area contributed by atoms with E-state index in [-0.39, 0.29) is 18.6 Å². The lowest BCUT2D eigenvalue weighted by molar-refractivity contribution is -0.129. The van der Waals surface area contributed by atoms with Crippen LogP contribution in [0.4, 0.5) is 0 Å². The van der Waals surface area contributed by atoms with Crippen LogP contribution in [0.25, 0.3) is 11.0 Å². The molecule has 0 saturated carbocycles. The Labute approximate surface area is 190 Å². The number of benzene rings is 2. The number of imidazole rings is 1. The normalized spacial score (nSPS) is 18.9. The van der Waals surface area contributed by atoms with Gasteiger partial charge in [-0.1, -0.05) is 47.3 Å². The Hall–Kier alpha value is -2.56. The number of para-hydroxylation sites is 2. The Morgan fingerprint density at radius 2 is 2.16 bits per heavy atom. The van der Waals surface area contributed by atoms with Gasteiger partial charge < -0.3 is 15.0 Å². The largest absolute Gasteiger partial charge is 0.363 e. The first-order valence-electron chi connectivity index (χ1n) is 9.99. The van der Waals surface area contributed by atoms with Crippen LogP contribution in [0.1, 0.15) is 17.8 Å². The summed E-state index contributed by atoms with van der Waals surface area (Å²) in [7, 11) is 0. The number of aromatic amines is 1. The topological polar surface area (TPSA) is 70.2 Å². The zero-order chi connectivity index (χ0) is 21.8. The molecule has 31 heavy (non-hydrogen) atoms. The summed E-state index contributed by atoms with van der Waals surface area (Å²) in [6.45, 7) is 1.65. The van der Waals surface area contributed by atoms with Gasteiger partial charge in [-0.05, 0) is 36.2 Å². The zero-order valence-corrected chi connectivity index (χ0v) is 18.3. The number of likely N-dealkylation sites (tertiary alicyclic amines) is 1. The molecule has 1 aliphatic heterocycles. The maximum Gasteiger partial charge on any atom is 0.240 e. The zero-order valence-electron chi connectivity index (χ0n) is 16.8. The molecule has 2 N–H and O–H groups in total. The van der Waals surface area contributed by atoms with Gasteiger partial charge in [-0.3, -0.25) is 9.69 Å². The number of aromatic nitrogens is 2. The minimum atomic E-state index is -0.482. The van der Waals surface area contributed by atoms with Gasteiger partial charge in [-0.2, -0.15) is 0 Å². The van der Waals surface area contributed by atoms with Gasteiger partial charge in [0.1, 0.15) is 18.5 Å². The Morgan fingerprint density at radius 3 is 2.94 bits per heavy atom. The van der Waals surface area contributed by atoms with Gasteiger partial charge in [0.05, 0.1) is 23.7 Å². The second-order valence-corrected chi connectivity index (χ2v) is 8.26. The predicted octanol–water partition coefficient (Wildman–Crippen LogP) is 3.78. The average Bonchev–Trinajstić information content (AvgIpc) is 3.36. The van der Waals surface area contributed by atoms with Crippen molar-refractivity contribution in [1.29, 1.82) is 0 Å². The van der Waals surface area contributed by atoms with Gasteiger partial charge in [-0.15, -0.1) is 6.42 Å². The highest BCUT2D eigenvalue weighted by Gasteiger charge is 2.40. The van der Waals surface area contributed by atoms with Crippen molar-refractivity contribution in [3.05, 3.63) is 63.9 Å². The predicted molar refractivity (Wildman–Crippen MR) is 122 cm³/mol. The first-order valence-corrected chi connectivity index (χ1v) is 10.7. The number of carbonyl (C=O) groups is 1. The number of H-pyrrole nitrogens is 1. The smallest absolute Gasteiger partial charge is 0.240 e. The summed E-state index contributed by atoms with van der Waals surface area (Å²) in [4.78, 5) is 23.0. The fraction of sp³-hybridized carbons (Fsp3) is 0.304. The van der Waals surface area contributed by atoms with Crippen molar-refractivity contribution in [1.82, 2.24) is 20.2 Å². The number of halogens is 2. The van der Waals surface area contributed by atoms with E-state index >= 15 is 0 Å². The van der Waals surface area contributed by atoms with Crippen LogP contribution in [0.3, 0.4) is 0 Å². The fourth-order valence-corrected chi connectivity index (χ4v) is 4.37. The molecule has 1 amide bonds. The lowest BCUT2D eigenvalue weighted by Crippen LogP contribution is -2.48. The van der Waals surface area contributed by atoms with Crippen molar-refractivity contribution in [3.8, 4) is 12.3 Å². The van der Waals surface area contributed by atoms with Crippen LogP contribution in [0.2, 0.25) is 10.0 Å². The number of amides is 1. The number of fused-ring (bicyclic) bond motifs is 1. The fourth-order valence-electron chi connectivity index (χ4n) is 3.90. The molecule has 8 heteroatoms. The molecule has 0 unspecified atom stereocenters. The number of rotatable bonds is 7. The van der Waals surface area contributed by atoms with Crippen LogP contribution in [0.5, 0.6) is 0 Å². The van der Waals surface area contributed by atoms with Crippen molar-refractivity contribution in [2.45, 2.75) is 31.7 Å². The van der Waals surface area contributed by atoms with E-state index in [1.807, 2.05) is 30.3 Å². The molecule has 1 fully saturated rings. The number of nitrogens with zero attached hydrogens (tertiary/aromatic N) is 2. The molecule has 0 spiro atoms. The first-order chi connectivity index (χ1) is 15.0. The third-order valence-electron chi connectivity index (χ3n) is 5.35. The number of terminal acetylenes is 1. The van der Waals surface area contributed by atoms with E-state index in [0.29, 0.717) is 41.9 Å². The Balaban J connectivity index is 1.48. The van der Waals surface area contributed by atoms with E-state index in [2.05, 4.69) is 26.1 Å². The molecule has 2 aromatic carbocycles. The Bertz CT molecular complexity index is 1090. The van der Waals surface area contributed by atoms with E-state index in [9.17, 15) is 4.79 Å². The summed E-state index contributed by atoms with van der Waals surface area (Å²) in [5, 5.41) is 4.13. The number of hydrogen-bond donors (Lipinski definition) is 2. The molecule has 3 aromatic rings. The highest BCUT2D eigenvalue weighted by molar-refractivity contribution is 6.35. The summed E-state index contributed by atoms with van der Waals surface area (Å²) >= 11 is 12.4. The van der Waals surface area contributed by atoms with Crippen molar-refractivity contribution in [2.75, 3.05) is 13.2 Å². The summed E-state index contributed by atoms with van der Waals surface area (Å²) in [6.07, 6.45) is 5.77. The van der Waals surface area contributed by atoms with Crippen LogP contribution in [-0.4, -0.2) is 46.1 Å². The van der Waals surface area contributed by atoms with E-state index in [1.165, 1.54) is 0 Å². The maximum atomic E-state index is 13.2. The third kappa shape index (κ3) is 5.03. The number of carbonyl (C=O) groups excluding carboxylic acids is 1. The van der Waals surface area contributed by atoms with Crippen LogP contribution in [0.15, 0.2) is 42.5 Å². The lowest BCUT2D eigenvalue weighted by Gasteiger charge is -2.27. The van der Waals surface area contributed by atoms with Crippen LogP contribution < -0.4 is 5.32 Å².